The third-order valence-corrected chi connectivity index (χ3v) is 11.6. The quantitative estimate of drug-likeness (QED) is 0.0109. The number of unbranched alkanes of at least 4 members (excludes halogenated alkanes) is 15. The van der Waals surface area contributed by atoms with Crippen molar-refractivity contribution in [3.8, 4) is 0 Å². The van der Waals surface area contributed by atoms with E-state index < -0.39 is 78.4 Å². The van der Waals surface area contributed by atoms with Crippen LogP contribution in [0, 0.1) is 5.92 Å². The van der Waals surface area contributed by atoms with E-state index in [-0.39, 0.29) is 12.8 Å². The van der Waals surface area contributed by atoms with Crippen LogP contribution in [0.25, 0.3) is 0 Å². The van der Waals surface area contributed by atoms with Gasteiger partial charge in [-0.15, -0.1) is 0 Å². The second kappa shape index (κ2) is 43.5. The number of phosphoric ester groups is 2. The van der Waals surface area contributed by atoms with Gasteiger partial charge in [0.2, 0.25) is 0 Å². The van der Waals surface area contributed by atoms with Crippen LogP contribution >= 0.6 is 15.6 Å². The lowest BCUT2D eigenvalue weighted by Crippen LogP contribution is -2.29. The van der Waals surface area contributed by atoms with Gasteiger partial charge in [-0.2, -0.15) is 0 Å². The van der Waals surface area contributed by atoms with Gasteiger partial charge < -0.3 is 39.5 Å². The summed E-state index contributed by atoms with van der Waals surface area (Å²) in [6.45, 7) is 3.73. The van der Waals surface area contributed by atoms with Crippen LogP contribution in [-0.4, -0.2) is 92.8 Å². The fraction of sp³-hybridized carbons (Fsp3) is 0.720. The second-order valence-corrected chi connectivity index (χ2v) is 19.9. The van der Waals surface area contributed by atoms with E-state index in [1.807, 2.05) is 37.3 Å². The topological polar surface area (TPSA) is 236 Å². The molecular weight excluding hydrogens is 902 g/mol. The number of esters is 2. The van der Waals surface area contributed by atoms with Crippen LogP contribution < -0.4 is 0 Å². The van der Waals surface area contributed by atoms with Crippen LogP contribution in [0.1, 0.15) is 175 Å². The number of phosphoric acid groups is 2. The Hall–Kier alpha value is -2.52. The Labute approximate surface area is 402 Å². The van der Waals surface area contributed by atoms with E-state index in [0.717, 1.165) is 38.0 Å². The number of carbonyl (C=O) groups excluding carboxylic acids is 2. The van der Waals surface area contributed by atoms with Crippen molar-refractivity contribution in [2.75, 3.05) is 26.4 Å². The Morgan fingerprint density at radius 2 is 1.01 bits per heavy atom. The molecule has 0 saturated carbocycles. The molecule has 0 aliphatic rings. The Bertz CT molecular complexity index is 1500. The average molecular weight is 991 g/mol. The van der Waals surface area contributed by atoms with E-state index in [0.29, 0.717) is 32.1 Å². The minimum Gasteiger partial charge on any atom is -0.462 e. The molecule has 0 fully saturated rings. The van der Waals surface area contributed by atoms with Gasteiger partial charge in [0.15, 0.2) is 6.10 Å². The molecule has 0 heterocycles. The van der Waals surface area contributed by atoms with Crippen molar-refractivity contribution in [2.45, 2.75) is 199 Å². The fourth-order valence-corrected chi connectivity index (χ4v) is 7.60. The van der Waals surface area contributed by atoms with Gasteiger partial charge in [-0.3, -0.25) is 23.2 Å². The van der Waals surface area contributed by atoms with E-state index >= 15 is 0 Å². The molecule has 67 heavy (non-hydrogen) atoms. The molecule has 0 aliphatic carbocycles. The van der Waals surface area contributed by atoms with Crippen LogP contribution in [0.3, 0.4) is 0 Å². The predicted octanol–water partition coefficient (Wildman–Crippen LogP) is 11.1. The van der Waals surface area contributed by atoms with Gasteiger partial charge in [0.25, 0.3) is 0 Å². The van der Waals surface area contributed by atoms with Crippen LogP contribution in [0.15, 0.2) is 72.9 Å². The zero-order valence-electron chi connectivity index (χ0n) is 40.9. The Morgan fingerprint density at radius 1 is 0.537 bits per heavy atom. The molecule has 0 spiro atoms. The summed E-state index contributed by atoms with van der Waals surface area (Å²) in [5.41, 5.74) is 0. The average Bonchev–Trinajstić information content (AvgIpc) is 3.27. The molecule has 0 aromatic rings. The van der Waals surface area contributed by atoms with E-state index in [1.54, 1.807) is 42.5 Å². The van der Waals surface area contributed by atoms with Crippen molar-refractivity contribution in [3.63, 3.8) is 0 Å². The zero-order valence-corrected chi connectivity index (χ0v) is 42.7. The Kier molecular flexibility index (Phi) is 41.9. The van der Waals surface area contributed by atoms with Crippen molar-refractivity contribution >= 4 is 27.6 Å². The number of carbonyl (C=O) groups is 2. The van der Waals surface area contributed by atoms with Gasteiger partial charge >= 0.3 is 27.6 Å². The Morgan fingerprint density at radius 3 is 1.54 bits per heavy atom. The van der Waals surface area contributed by atoms with Crippen LogP contribution in [0.2, 0.25) is 0 Å². The molecule has 15 nitrogen and oxygen atoms in total. The third kappa shape index (κ3) is 48.3. The van der Waals surface area contributed by atoms with Gasteiger partial charge in [-0.05, 0) is 44.4 Å². The molecule has 1 unspecified atom stereocenters. The molecule has 388 valence electrons. The lowest BCUT2D eigenvalue weighted by Gasteiger charge is -2.20. The number of ether oxygens (including phenoxy) is 2. The van der Waals surface area contributed by atoms with Crippen LogP contribution in [-0.2, 0) is 41.8 Å². The number of aliphatic hydroxyl groups excluding tert-OH is 3. The normalized spacial score (nSPS) is 15.5. The van der Waals surface area contributed by atoms with E-state index in [4.69, 9.17) is 23.8 Å². The van der Waals surface area contributed by atoms with Crippen molar-refractivity contribution < 1.29 is 71.8 Å². The molecule has 17 heteroatoms. The monoisotopic (exact) mass is 991 g/mol. The Balaban J connectivity index is 4.64. The molecule has 0 rings (SSSR count). The highest BCUT2D eigenvalue weighted by molar-refractivity contribution is 7.47. The van der Waals surface area contributed by atoms with Crippen LogP contribution in [0.4, 0.5) is 0 Å². The molecule has 0 bridgehead atoms. The highest BCUT2D eigenvalue weighted by atomic mass is 31.2. The highest BCUT2D eigenvalue weighted by Gasteiger charge is 2.28. The smallest absolute Gasteiger partial charge is 0.462 e. The summed E-state index contributed by atoms with van der Waals surface area (Å²) in [4.78, 5) is 52.9. The largest absolute Gasteiger partial charge is 0.472 e. The summed E-state index contributed by atoms with van der Waals surface area (Å²) in [6, 6.07) is 0. The maximum atomic E-state index is 12.7. The van der Waals surface area contributed by atoms with Crippen molar-refractivity contribution in [1.29, 1.82) is 0 Å². The predicted molar refractivity (Wildman–Crippen MR) is 265 cm³/mol. The number of hydrogen-bond donors (Lipinski definition) is 6. The minimum atomic E-state index is -4.89. The van der Waals surface area contributed by atoms with Crippen molar-refractivity contribution in [1.82, 2.24) is 0 Å². The lowest BCUT2D eigenvalue weighted by molar-refractivity contribution is -0.161. The summed E-state index contributed by atoms with van der Waals surface area (Å²) in [6.07, 6.45) is 41.1. The third-order valence-electron chi connectivity index (χ3n) is 10.2. The van der Waals surface area contributed by atoms with Gasteiger partial charge in [-0.25, -0.2) is 9.13 Å². The van der Waals surface area contributed by atoms with Crippen LogP contribution in [0.5, 0.6) is 0 Å². The van der Waals surface area contributed by atoms with Crippen molar-refractivity contribution in [2.24, 2.45) is 5.92 Å². The first-order chi connectivity index (χ1) is 32.0. The van der Waals surface area contributed by atoms with E-state index in [9.17, 15) is 38.9 Å². The number of rotatable bonds is 45. The molecule has 6 N–H and O–H groups in total. The maximum absolute atomic E-state index is 12.7. The lowest BCUT2D eigenvalue weighted by atomic mass is 10.0. The van der Waals surface area contributed by atoms with E-state index in [1.165, 1.54) is 77.0 Å². The summed E-state index contributed by atoms with van der Waals surface area (Å²) in [5.74, 6) is -0.386. The summed E-state index contributed by atoms with van der Waals surface area (Å²) in [7, 11) is -9.74. The highest BCUT2D eigenvalue weighted by Crippen LogP contribution is 2.44. The van der Waals surface area contributed by atoms with Crippen molar-refractivity contribution in [3.05, 3.63) is 72.9 Å². The van der Waals surface area contributed by atoms with E-state index in [2.05, 4.69) is 22.9 Å². The standard InChI is InChI=1S/C50H88O15P2/c1-4-5-26-34-45(51)36-29-24-25-30-37-46(52)35-28-21-18-19-22-31-38-49(54)61-42-48(43-64-67(59,60)63-41-47(53)40-62-66(56,57)58)65-50(55)39-32-23-17-15-13-11-9-7-6-8-10-12-14-16-20-27-33-44(2)3/h5,19,21-22,24-26,28-30,36-37,44-48,51-53H,4,6-18,20,23,27,31-35,38-43H2,1-3H3,(H,59,60)(H2,56,57,58)/b22-19-,25-24-,26-5-,28-21-,36-29+,37-30+/t45-,46+,47+,48-/m1/s1. The molecule has 0 aromatic carbocycles. The first-order valence-electron chi connectivity index (χ1n) is 24.7. The molecular formula is C50H88O15P2. The first kappa shape index (κ1) is 64.5. The summed E-state index contributed by atoms with van der Waals surface area (Å²) >= 11 is 0. The van der Waals surface area contributed by atoms with Gasteiger partial charge in [0, 0.05) is 12.8 Å². The first-order valence-corrected chi connectivity index (χ1v) is 27.7. The molecule has 0 aliphatic heterocycles. The molecule has 0 amide bonds. The molecule has 0 radical (unpaired) electrons. The number of hydrogen-bond acceptors (Lipinski definition) is 12. The zero-order chi connectivity index (χ0) is 49.9. The molecule has 0 aromatic heterocycles. The SMILES string of the molecule is CC/C=C\C[C@@H](O)/C=C/C=C\C=C\[C@@H](O)C/C=C\C/C=C\CCC(=O)OC[C@H](COP(=O)(O)OC[C@@H](O)COP(=O)(O)O)OC(=O)CCCCCCCCCCCCCCCCCCC(C)C. The summed E-state index contributed by atoms with van der Waals surface area (Å²) in [5, 5.41) is 29.8. The number of allylic oxidation sites excluding steroid dienone is 8. The maximum Gasteiger partial charge on any atom is 0.472 e. The molecule has 0 saturated heterocycles. The second-order valence-electron chi connectivity index (χ2n) is 17.2. The fourth-order valence-electron chi connectivity index (χ4n) is 6.44. The van der Waals surface area contributed by atoms with Gasteiger partial charge in [-0.1, -0.05) is 196 Å². The molecule has 5 atom stereocenters. The minimum absolute atomic E-state index is 0.0118. The summed E-state index contributed by atoms with van der Waals surface area (Å²) < 4.78 is 47.8. The van der Waals surface area contributed by atoms with Gasteiger partial charge in [0.1, 0.15) is 12.7 Å². The van der Waals surface area contributed by atoms with Gasteiger partial charge in [0.05, 0.1) is 32.0 Å². The number of aliphatic hydroxyl groups is 3.